The van der Waals surface area contributed by atoms with Crippen molar-refractivity contribution in [2.45, 2.75) is 329 Å². The summed E-state index contributed by atoms with van der Waals surface area (Å²) in [5.41, 5.74) is 1.25. The van der Waals surface area contributed by atoms with Crippen molar-refractivity contribution in [3.8, 4) is 17.2 Å². The van der Waals surface area contributed by atoms with Gasteiger partial charge in [0.05, 0.1) is 49.9 Å². The second-order valence-electron chi connectivity index (χ2n) is 32.4. The smallest absolute Gasteiger partial charge is 0.326 e. The molecule has 0 radical (unpaired) electrons. The van der Waals surface area contributed by atoms with Gasteiger partial charge in [-0.15, -0.1) is 23.5 Å². The maximum atomic E-state index is 14.9. The Hall–Kier alpha value is -7.87. The van der Waals surface area contributed by atoms with E-state index in [1.54, 1.807) is 111 Å². The predicted octanol–water partition coefficient (Wildman–Crippen LogP) is 23.7. The first-order valence-corrected chi connectivity index (χ1v) is 49.6. The molecule has 3 aliphatic heterocycles. The zero-order valence-electron chi connectivity index (χ0n) is 72.6. The van der Waals surface area contributed by atoms with E-state index in [-0.39, 0.29) is 46.1 Å². The number of aryl methyl sites for hydroxylation is 1. The number of urea groups is 1. The summed E-state index contributed by atoms with van der Waals surface area (Å²) in [7, 11) is -5.08. The number of rotatable bonds is 58. The van der Waals surface area contributed by atoms with Gasteiger partial charge in [-0.3, -0.25) is 23.0 Å². The molecule has 21 nitrogen and oxygen atoms in total. The summed E-state index contributed by atoms with van der Waals surface area (Å²) >= 11 is 3.24. The molecule has 2 unspecified atom stereocenters. The van der Waals surface area contributed by atoms with Gasteiger partial charge in [0.1, 0.15) is 32.6 Å². The highest BCUT2D eigenvalue weighted by Crippen LogP contribution is 2.40. The lowest BCUT2D eigenvalue weighted by Gasteiger charge is -2.36. The highest BCUT2D eigenvalue weighted by Gasteiger charge is 2.54. The maximum absolute atomic E-state index is 14.9. The molecule has 4 heterocycles. The van der Waals surface area contributed by atoms with Gasteiger partial charge in [0.15, 0.2) is 23.8 Å². The zero-order chi connectivity index (χ0) is 85.1. The molecule has 3 aliphatic rings. The number of ether oxygens (including phenoxy) is 3. The van der Waals surface area contributed by atoms with Crippen LogP contribution in [0.15, 0.2) is 157 Å². The van der Waals surface area contributed by atoms with E-state index < -0.39 is 55.5 Å². The number of aliphatic imine (C=N–C) groups is 2. The minimum absolute atomic E-state index is 0.00520. The van der Waals surface area contributed by atoms with Gasteiger partial charge < -0.3 is 34.7 Å². The summed E-state index contributed by atoms with van der Waals surface area (Å²) in [5, 5.41) is 8.80. The third-order valence-electron chi connectivity index (χ3n) is 22.2. The highest BCUT2D eigenvalue weighted by molar-refractivity contribution is 7.99. The van der Waals surface area contributed by atoms with Crippen LogP contribution in [0.5, 0.6) is 17.2 Å². The summed E-state index contributed by atoms with van der Waals surface area (Å²) in [6, 6.07) is 28.3. The zero-order valence-corrected chi connectivity index (χ0v) is 75.9. The van der Waals surface area contributed by atoms with Crippen LogP contribution in [0.3, 0.4) is 0 Å². The van der Waals surface area contributed by atoms with Crippen molar-refractivity contribution >= 4 is 102 Å². The number of benzene rings is 5. The molecular weight excluding hydrogens is 1570 g/mol. The lowest BCUT2D eigenvalue weighted by atomic mass is 10.0. The average Bonchev–Trinajstić information content (AvgIpc) is 1.55. The fourth-order valence-corrected chi connectivity index (χ4v) is 20.5. The van der Waals surface area contributed by atoms with Gasteiger partial charge in [-0.1, -0.05) is 276 Å². The molecular formula is C94H138N10O11S4. The number of hydrogen-bond donors (Lipinski definition) is 3. The highest BCUT2D eigenvalue weighted by atomic mass is 32.2. The largest absolute Gasteiger partial charge is 0.497 e. The van der Waals surface area contributed by atoms with Crippen LogP contribution in [-0.4, -0.2) is 132 Å². The molecule has 119 heavy (non-hydrogen) atoms. The van der Waals surface area contributed by atoms with E-state index in [0.29, 0.717) is 53.6 Å². The summed E-state index contributed by atoms with van der Waals surface area (Å²) < 4.78 is 78.4. The van der Waals surface area contributed by atoms with Gasteiger partial charge in [0.25, 0.3) is 37.8 Å². The first-order chi connectivity index (χ1) is 57.8. The van der Waals surface area contributed by atoms with Gasteiger partial charge in [0, 0.05) is 47.1 Å². The van der Waals surface area contributed by atoms with E-state index >= 15 is 0 Å². The van der Waals surface area contributed by atoms with Crippen LogP contribution in [-0.2, 0) is 34.4 Å². The number of anilines is 2. The van der Waals surface area contributed by atoms with E-state index in [9.17, 15) is 36.0 Å². The van der Waals surface area contributed by atoms with Crippen LogP contribution in [0, 0.1) is 6.92 Å². The first kappa shape index (κ1) is 96.6. The number of unbranched alkanes of at least 4 members (excludes halogenated alkanes) is 35. The Morgan fingerprint density at radius 3 is 1.29 bits per heavy atom. The van der Waals surface area contributed by atoms with Crippen LogP contribution in [0.1, 0.15) is 297 Å². The van der Waals surface area contributed by atoms with Crippen LogP contribution in [0.4, 0.5) is 27.5 Å². The number of aromatic nitrogens is 2. The van der Waals surface area contributed by atoms with Crippen LogP contribution < -0.4 is 30.2 Å². The third-order valence-corrected chi connectivity index (χ3v) is 28.2. The molecule has 0 bridgehead atoms. The molecule has 654 valence electrons. The van der Waals surface area contributed by atoms with E-state index in [2.05, 4.69) is 53.8 Å². The van der Waals surface area contributed by atoms with Crippen molar-refractivity contribution in [2.75, 3.05) is 56.1 Å². The predicted molar refractivity (Wildman–Crippen MR) is 488 cm³/mol. The molecule has 2 atom stereocenters. The van der Waals surface area contributed by atoms with Crippen molar-refractivity contribution in [3.05, 3.63) is 133 Å². The minimum atomic E-state index is -4.25. The second-order valence-corrected chi connectivity index (χ2v) is 38.3. The third kappa shape index (κ3) is 30.6. The number of methoxy groups -OCH3 is 2. The molecule has 3 N–H and O–H groups in total. The number of amides is 5. The SMILES string of the molecule is CCCCCCCCCCCCCCCCCCN1C(C(C(=O)Nc2cc(C)ccc2SCCCCCCCC)n2ccnc2)=Nc2ccccc2S1(=O)=O.CCCCCCCCCCCCCCCCCCN1C(C(C(=O)Nc2cc(OC)ccc2SCCCOc2ccc(OC)cc2)N2C(=O)NC(C)(C)C2=O)=Nc2ccccc2S1(=O)=O. The van der Waals surface area contributed by atoms with Crippen molar-refractivity contribution in [2.24, 2.45) is 9.98 Å². The van der Waals surface area contributed by atoms with Gasteiger partial charge >= 0.3 is 6.03 Å². The standard InChI is InChI=1S/C49H69N5O8S2.C45H69N5O3S2/c1-6-7-8-9-10-11-12-13-14-15-16-17-18-19-20-23-33-53-45(50-40-25-21-22-26-43(40)64(53,58)59)44(54-47(56)49(2,3)52-48(54)57)46(55)51-41-36-39(61-5)31-32-42(41)63-35-24-34-62-38-29-27-37(60-4)28-30-38;1-4-6-8-10-12-13-14-15-16-17-18-19-20-21-22-26-33-50-44(47-39-28-24-25-29-42(39)55(50,52)53)43(49-34-32-46-37-49)45(51)48-40-36-38(3)30-31-41(40)54-35-27-23-11-9-7-5-2/h21-22,25-32,36,44H,6-20,23-24,33-35H2,1-5H3,(H,51,55)(H,52,57);24-25,28-32,34,36-37,43H,4-23,26-27,33,35H2,1-3H3,(H,48,51). The number of fused-ring (bicyclic) bond motifs is 2. The Kier molecular flexibility index (Phi) is 42.6. The number of nitrogens with zero attached hydrogens (tertiary/aromatic N) is 7. The lowest BCUT2D eigenvalue weighted by molar-refractivity contribution is -0.134. The molecule has 0 spiro atoms. The number of imidazole rings is 1. The topological polar surface area (TPSA) is 253 Å². The van der Waals surface area contributed by atoms with Gasteiger partial charge in [-0.05, 0) is 131 Å². The lowest BCUT2D eigenvalue weighted by Crippen LogP contribution is -2.59. The summed E-state index contributed by atoms with van der Waals surface area (Å²) in [6.07, 6.45) is 51.6. The molecule has 1 saturated heterocycles. The first-order valence-electron chi connectivity index (χ1n) is 44.7. The number of imide groups is 1. The quantitative estimate of drug-likeness (QED) is 0.0182. The van der Waals surface area contributed by atoms with E-state index in [1.807, 2.05) is 43.3 Å². The Morgan fingerprint density at radius 2 is 0.857 bits per heavy atom. The normalized spacial score (nSPS) is 14.9. The number of thioether (sulfide) groups is 2. The Bertz CT molecular complexity index is 4350. The van der Waals surface area contributed by atoms with Gasteiger partial charge in [-0.25, -0.2) is 41.5 Å². The van der Waals surface area contributed by atoms with Crippen LogP contribution in [0.2, 0.25) is 0 Å². The fourth-order valence-electron chi connectivity index (χ4n) is 15.3. The molecule has 9 rings (SSSR count). The van der Waals surface area contributed by atoms with Crippen molar-refractivity contribution in [3.63, 3.8) is 0 Å². The number of nitrogens with one attached hydrogen (secondary N) is 3. The molecule has 1 aromatic heterocycles. The molecule has 1 fully saturated rings. The molecule has 0 aliphatic carbocycles. The molecule has 5 aromatic carbocycles. The average molecular weight is 1710 g/mol. The number of para-hydroxylation sites is 2. The number of hydrogen-bond acceptors (Lipinski definition) is 16. The maximum Gasteiger partial charge on any atom is 0.326 e. The summed E-state index contributed by atoms with van der Waals surface area (Å²) in [6.45, 7) is 12.6. The second kappa shape index (κ2) is 52.5. The molecule has 0 saturated carbocycles. The fraction of sp³-hybridized carbons (Fsp3) is 0.585. The molecule has 6 aromatic rings. The Morgan fingerprint density at radius 1 is 0.471 bits per heavy atom. The Balaban J connectivity index is 0.000000300. The summed E-state index contributed by atoms with van der Waals surface area (Å²) in [4.78, 5) is 73.7. The van der Waals surface area contributed by atoms with Crippen LogP contribution in [0.25, 0.3) is 0 Å². The molecule has 25 heteroatoms. The minimum Gasteiger partial charge on any atom is -0.497 e. The number of sulfonamides is 2. The number of amidine groups is 2. The summed E-state index contributed by atoms with van der Waals surface area (Å²) in [5.74, 6) is 1.67. The number of carbonyl (C=O) groups excluding carboxylic acids is 4. The van der Waals surface area contributed by atoms with Gasteiger partial charge in [0.2, 0.25) is 0 Å². The Labute approximate surface area is 721 Å². The van der Waals surface area contributed by atoms with Gasteiger partial charge in [-0.2, -0.15) is 0 Å². The number of carbonyl (C=O) groups is 4. The van der Waals surface area contributed by atoms with Crippen LogP contribution >= 0.6 is 23.5 Å². The van der Waals surface area contributed by atoms with E-state index in [1.165, 1.54) is 209 Å². The monoisotopic (exact) mass is 1710 g/mol. The molecule has 5 amide bonds. The van der Waals surface area contributed by atoms with Crippen molar-refractivity contribution in [1.82, 2.24) is 28.4 Å². The van der Waals surface area contributed by atoms with Crippen molar-refractivity contribution < 1.29 is 50.2 Å². The van der Waals surface area contributed by atoms with E-state index in [4.69, 9.17) is 24.2 Å². The van der Waals surface area contributed by atoms with Crippen molar-refractivity contribution in [1.29, 1.82) is 0 Å². The van der Waals surface area contributed by atoms with E-state index in [0.717, 1.165) is 94.0 Å².